The molecule has 21 heavy (non-hydrogen) atoms. The molecule has 0 bridgehead atoms. The molecule has 2 rings (SSSR count). The molecule has 1 aromatic carbocycles. The zero-order chi connectivity index (χ0) is 15.4. The number of benzene rings is 1. The first-order chi connectivity index (χ1) is 9.99. The number of anilines is 1. The van der Waals surface area contributed by atoms with Gasteiger partial charge in [-0.15, -0.1) is 0 Å². The SMILES string of the molecule is O=C(O)CCC1CCCCN1c1cc(Cl)ccc1[N+](=O)[O-]. The highest BCUT2D eigenvalue weighted by Crippen LogP contribution is 2.36. The summed E-state index contributed by atoms with van der Waals surface area (Å²) < 4.78 is 0. The fourth-order valence-electron chi connectivity index (χ4n) is 2.79. The second-order valence-electron chi connectivity index (χ2n) is 5.17. The number of rotatable bonds is 5. The van der Waals surface area contributed by atoms with E-state index in [0.717, 1.165) is 19.3 Å². The van der Waals surface area contributed by atoms with Crippen molar-refractivity contribution < 1.29 is 14.8 Å². The molecule has 0 aromatic heterocycles. The van der Waals surface area contributed by atoms with E-state index in [1.165, 1.54) is 12.1 Å². The summed E-state index contributed by atoms with van der Waals surface area (Å²) in [5, 5.41) is 20.5. The minimum absolute atomic E-state index is 0.00650. The van der Waals surface area contributed by atoms with Crippen LogP contribution in [0.1, 0.15) is 32.1 Å². The number of nitro benzene ring substituents is 1. The number of carboxylic acid groups (broad SMARTS) is 1. The van der Waals surface area contributed by atoms with Crippen LogP contribution in [-0.4, -0.2) is 28.6 Å². The van der Waals surface area contributed by atoms with Crippen molar-refractivity contribution in [2.45, 2.75) is 38.1 Å². The van der Waals surface area contributed by atoms with Crippen LogP contribution in [0.2, 0.25) is 5.02 Å². The zero-order valence-electron chi connectivity index (χ0n) is 11.5. The molecule has 7 heteroatoms. The third kappa shape index (κ3) is 3.85. The molecule has 1 aliphatic heterocycles. The molecular formula is C14H17ClN2O4. The molecule has 6 nitrogen and oxygen atoms in total. The third-order valence-electron chi connectivity index (χ3n) is 3.76. The maximum atomic E-state index is 11.2. The number of nitro groups is 1. The summed E-state index contributed by atoms with van der Waals surface area (Å²) in [6.07, 6.45) is 3.34. The Morgan fingerprint density at radius 1 is 1.48 bits per heavy atom. The van der Waals surface area contributed by atoms with E-state index in [4.69, 9.17) is 16.7 Å². The fraction of sp³-hybridized carbons (Fsp3) is 0.500. The van der Waals surface area contributed by atoms with E-state index >= 15 is 0 Å². The lowest BCUT2D eigenvalue weighted by molar-refractivity contribution is -0.384. The smallest absolute Gasteiger partial charge is 0.303 e. The van der Waals surface area contributed by atoms with Crippen molar-refractivity contribution in [3.05, 3.63) is 33.3 Å². The van der Waals surface area contributed by atoms with Crippen LogP contribution >= 0.6 is 11.6 Å². The minimum Gasteiger partial charge on any atom is -0.481 e. The number of piperidine rings is 1. The van der Waals surface area contributed by atoms with Gasteiger partial charge in [-0.1, -0.05) is 11.6 Å². The Bertz CT molecular complexity index is 550. The molecule has 0 radical (unpaired) electrons. The maximum absolute atomic E-state index is 11.2. The number of hydrogen-bond donors (Lipinski definition) is 1. The van der Waals surface area contributed by atoms with E-state index < -0.39 is 10.9 Å². The van der Waals surface area contributed by atoms with Crippen molar-refractivity contribution in [3.63, 3.8) is 0 Å². The van der Waals surface area contributed by atoms with Gasteiger partial charge >= 0.3 is 5.97 Å². The van der Waals surface area contributed by atoms with Crippen molar-refractivity contribution >= 4 is 28.9 Å². The van der Waals surface area contributed by atoms with Gasteiger partial charge in [0, 0.05) is 30.1 Å². The van der Waals surface area contributed by atoms with Gasteiger partial charge in [-0.05, 0) is 37.8 Å². The molecule has 1 unspecified atom stereocenters. The molecule has 114 valence electrons. The predicted molar refractivity (Wildman–Crippen MR) is 80.0 cm³/mol. The monoisotopic (exact) mass is 312 g/mol. The van der Waals surface area contributed by atoms with Crippen molar-refractivity contribution in [2.24, 2.45) is 0 Å². The van der Waals surface area contributed by atoms with Gasteiger partial charge in [0.15, 0.2) is 0 Å². The normalized spacial score (nSPS) is 18.5. The average Bonchev–Trinajstić information content (AvgIpc) is 2.45. The quantitative estimate of drug-likeness (QED) is 0.664. The van der Waals surface area contributed by atoms with Crippen molar-refractivity contribution in [3.8, 4) is 0 Å². The highest BCUT2D eigenvalue weighted by molar-refractivity contribution is 6.31. The fourth-order valence-corrected chi connectivity index (χ4v) is 2.96. The summed E-state index contributed by atoms with van der Waals surface area (Å²) in [5.74, 6) is -0.846. The second kappa shape index (κ2) is 6.76. The summed E-state index contributed by atoms with van der Waals surface area (Å²) in [6, 6.07) is 4.51. The van der Waals surface area contributed by atoms with Crippen molar-refractivity contribution in [1.29, 1.82) is 0 Å². The number of halogens is 1. The lowest BCUT2D eigenvalue weighted by atomic mass is 9.97. The Morgan fingerprint density at radius 3 is 2.90 bits per heavy atom. The molecule has 0 saturated carbocycles. The molecule has 1 aliphatic rings. The third-order valence-corrected chi connectivity index (χ3v) is 4.00. The van der Waals surface area contributed by atoms with Gasteiger partial charge in [0.05, 0.1) is 4.92 Å². The molecule has 1 heterocycles. The van der Waals surface area contributed by atoms with Crippen LogP contribution in [0.3, 0.4) is 0 Å². The number of aliphatic carboxylic acids is 1. The van der Waals surface area contributed by atoms with E-state index in [0.29, 0.717) is 23.7 Å². The highest BCUT2D eigenvalue weighted by atomic mass is 35.5. The molecule has 1 fully saturated rings. The first-order valence-electron chi connectivity index (χ1n) is 6.91. The van der Waals surface area contributed by atoms with Crippen LogP contribution in [0, 0.1) is 10.1 Å². The van der Waals surface area contributed by atoms with Gasteiger partial charge in [0.1, 0.15) is 5.69 Å². The number of nitrogens with zero attached hydrogens (tertiary/aromatic N) is 2. The van der Waals surface area contributed by atoms with E-state index in [1.54, 1.807) is 6.07 Å². The van der Waals surface area contributed by atoms with Crippen LogP contribution in [0.25, 0.3) is 0 Å². The number of hydrogen-bond acceptors (Lipinski definition) is 4. The molecule has 1 saturated heterocycles. The molecule has 0 aliphatic carbocycles. The Morgan fingerprint density at radius 2 is 2.24 bits per heavy atom. The van der Waals surface area contributed by atoms with E-state index in [-0.39, 0.29) is 18.2 Å². The topological polar surface area (TPSA) is 83.7 Å². The summed E-state index contributed by atoms with van der Waals surface area (Å²) in [4.78, 5) is 23.5. The molecule has 1 N–H and O–H groups in total. The molecule has 0 spiro atoms. The minimum atomic E-state index is -0.846. The van der Waals surface area contributed by atoms with Gasteiger partial charge in [-0.25, -0.2) is 0 Å². The van der Waals surface area contributed by atoms with Crippen molar-refractivity contribution in [2.75, 3.05) is 11.4 Å². The van der Waals surface area contributed by atoms with E-state index in [1.807, 2.05) is 4.90 Å². The highest BCUT2D eigenvalue weighted by Gasteiger charge is 2.28. The maximum Gasteiger partial charge on any atom is 0.303 e. The number of carbonyl (C=O) groups is 1. The average molecular weight is 313 g/mol. The standard InChI is InChI=1S/C14H17ClN2O4/c15-10-4-6-12(17(20)21)13(9-10)16-8-2-1-3-11(16)5-7-14(18)19/h4,6,9,11H,1-3,5,7-8H2,(H,18,19). The van der Waals surface area contributed by atoms with Gasteiger partial charge in [0.2, 0.25) is 0 Å². The largest absolute Gasteiger partial charge is 0.481 e. The second-order valence-corrected chi connectivity index (χ2v) is 5.60. The van der Waals surface area contributed by atoms with Crippen LogP contribution in [0.4, 0.5) is 11.4 Å². The van der Waals surface area contributed by atoms with Gasteiger partial charge in [-0.3, -0.25) is 14.9 Å². The lowest BCUT2D eigenvalue weighted by Crippen LogP contribution is -2.40. The van der Waals surface area contributed by atoms with Gasteiger partial charge < -0.3 is 10.0 Å². The predicted octanol–water partition coefficient (Wildman–Crippen LogP) is 3.47. The Hall–Kier alpha value is -1.82. The van der Waals surface area contributed by atoms with Crippen molar-refractivity contribution in [1.82, 2.24) is 0 Å². The van der Waals surface area contributed by atoms with Crippen LogP contribution in [-0.2, 0) is 4.79 Å². The van der Waals surface area contributed by atoms with Gasteiger partial charge in [0.25, 0.3) is 5.69 Å². The first kappa shape index (κ1) is 15.6. The Balaban J connectivity index is 2.30. The lowest BCUT2D eigenvalue weighted by Gasteiger charge is -2.37. The van der Waals surface area contributed by atoms with Crippen LogP contribution < -0.4 is 4.90 Å². The summed E-state index contributed by atoms with van der Waals surface area (Å²) in [7, 11) is 0. The zero-order valence-corrected chi connectivity index (χ0v) is 12.3. The molecule has 1 atom stereocenters. The summed E-state index contributed by atoms with van der Waals surface area (Å²) in [6.45, 7) is 0.686. The molecule has 0 amide bonds. The Kier molecular flexibility index (Phi) is 5.01. The molecular weight excluding hydrogens is 296 g/mol. The van der Waals surface area contributed by atoms with Crippen LogP contribution in [0.15, 0.2) is 18.2 Å². The Labute approximate surface area is 127 Å². The summed E-state index contributed by atoms with van der Waals surface area (Å²) in [5.41, 5.74) is 0.504. The van der Waals surface area contributed by atoms with E-state index in [2.05, 4.69) is 0 Å². The van der Waals surface area contributed by atoms with Gasteiger partial charge in [-0.2, -0.15) is 0 Å². The summed E-state index contributed by atoms with van der Waals surface area (Å²) >= 11 is 5.97. The van der Waals surface area contributed by atoms with E-state index in [9.17, 15) is 14.9 Å². The molecule has 1 aromatic rings. The number of carboxylic acids is 1. The van der Waals surface area contributed by atoms with Crippen LogP contribution in [0.5, 0.6) is 0 Å². The first-order valence-corrected chi connectivity index (χ1v) is 7.29.